The van der Waals surface area contributed by atoms with E-state index in [-0.39, 0.29) is 0 Å². The van der Waals surface area contributed by atoms with E-state index in [9.17, 15) is 0 Å². The molecule has 5 nitrogen and oxygen atoms in total. The first-order valence-electron chi connectivity index (χ1n) is 6.02. The molecular weight excluding hydrogens is 262 g/mol. The second-order valence-corrected chi connectivity index (χ2v) is 4.12. The highest BCUT2D eigenvalue weighted by molar-refractivity contribution is 7.80. The van der Waals surface area contributed by atoms with Gasteiger partial charge in [0.2, 0.25) is 0 Å². The lowest BCUT2D eigenvalue weighted by atomic mass is 10.2. The van der Waals surface area contributed by atoms with E-state index in [1.807, 2.05) is 18.2 Å². The summed E-state index contributed by atoms with van der Waals surface area (Å²) in [5.74, 6) is 1.42. The van der Waals surface area contributed by atoms with E-state index in [4.69, 9.17) is 21.7 Å². The Labute approximate surface area is 119 Å². The van der Waals surface area contributed by atoms with Crippen LogP contribution in [0.4, 0.5) is 0 Å². The number of hydrogen-bond acceptors (Lipinski definition) is 4. The molecule has 0 heterocycles. The fourth-order valence-electron chi connectivity index (χ4n) is 1.32. The number of ether oxygens (including phenoxy) is 2. The van der Waals surface area contributed by atoms with E-state index in [0.29, 0.717) is 17.5 Å². The molecule has 0 saturated heterocycles. The molecule has 0 aromatic heterocycles. The fourth-order valence-corrected chi connectivity index (χ4v) is 1.37. The van der Waals surface area contributed by atoms with E-state index < -0.39 is 0 Å². The van der Waals surface area contributed by atoms with Crippen LogP contribution >= 0.6 is 12.2 Å². The maximum Gasteiger partial charge on any atom is 0.186 e. The van der Waals surface area contributed by atoms with Gasteiger partial charge in [0, 0.05) is 7.05 Å². The summed E-state index contributed by atoms with van der Waals surface area (Å²) in [6.45, 7) is 2.73. The molecule has 6 heteroatoms. The van der Waals surface area contributed by atoms with Gasteiger partial charge < -0.3 is 14.8 Å². The van der Waals surface area contributed by atoms with Gasteiger partial charge in [-0.15, -0.1) is 0 Å². The monoisotopic (exact) mass is 281 g/mol. The molecule has 0 fully saturated rings. The van der Waals surface area contributed by atoms with E-state index >= 15 is 0 Å². The molecular formula is C13H19N3O2S. The van der Waals surface area contributed by atoms with Crippen LogP contribution in [0.5, 0.6) is 11.5 Å². The molecule has 19 heavy (non-hydrogen) atoms. The average molecular weight is 281 g/mol. The van der Waals surface area contributed by atoms with E-state index in [2.05, 4.69) is 22.8 Å². The van der Waals surface area contributed by atoms with Crippen LogP contribution in [-0.2, 0) is 0 Å². The van der Waals surface area contributed by atoms with Crippen LogP contribution in [-0.4, -0.2) is 32.1 Å². The highest BCUT2D eigenvalue weighted by Gasteiger charge is 2.04. The zero-order valence-electron chi connectivity index (χ0n) is 11.4. The minimum Gasteiger partial charge on any atom is -0.493 e. The van der Waals surface area contributed by atoms with Crippen LogP contribution in [0.15, 0.2) is 23.3 Å². The minimum atomic E-state index is 0.464. The van der Waals surface area contributed by atoms with Crippen molar-refractivity contribution in [3.05, 3.63) is 23.8 Å². The normalized spacial score (nSPS) is 10.3. The van der Waals surface area contributed by atoms with Gasteiger partial charge in [-0.25, -0.2) is 0 Å². The Bertz CT molecular complexity index is 450. The van der Waals surface area contributed by atoms with Crippen LogP contribution in [0.2, 0.25) is 0 Å². The van der Waals surface area contributed by atoms with Crippen molar-refractivity contribution in [3.63, 3.8) is 0 Å². The van der Waals surface area contributed by atoms with Crippen molar-refractivity contribution in [1.82, 2.24) is 10.7 Å². The quantitative estimate of drug-likeness (QED) is 0.474. The maximum atomic E-state index is 5.58. The Balaban J connectivity index is 2.73. The molecule has 0 atom stereocenters. The zero-order valence-corrected chi connectivity index (χ0v) is 12.2. The van der Waals surface area contributed by atoms with Crippen molar-refractivity contribution in [2.24, 2.45) is 5.10 Å². The molecule has 0 unspecified atom stereocenters. The first-order chi connectivity index (χ1) is 9.21. The van der Waals surface area contributed by atoms with Gasteiger partial charge >= 0.3 is 0 Å². The lowest BCUT2D eigenvalue weighted by Gasteiger charge is -2.10. The predicted octanol–water partition coefficient (Wildman–Crippen LogP) is 1.91. The third-order valence-electron chi connectivity index (χ3n) is 2.26. The number of hydrazone groups is 1. The summed E-state index contributed by atoms with van der Waals surface area (Å²) in [4.78, 5) is 0. The van der Waals surface area contributed by atoms with Gasteiger partial charge in [0.25, 0.3) is 0 Å². The lowest BCUT2D eigenvalue weighted by Crippen LogP contribution is -2.28. The van der Waals surface area contributed by atoms with E-state index in [0.717, 1.165) is 17.7 Å². The molecule has 104 valence electrons. The molecule has 1 aromatic carbocycles. The molecule has 1 rings (SSSR count). The minimum absolute atomic E-state index is 0.464. The smallest absolute Gasteiger partial charge is 0.186 e. The Morgan fingerprint density at radius 2 is 2.21 bits per heavy atom. The molecule has 0 amide bonds. The molecule has 0 radical (unpaired) electrons. The van der Waals surface area contributed by atoms with Gasteiger partial charge in [0.05, 0.1) is 19.9 Å². The third kappa shape index (κ3) is 5.13. The molecule has 1 aromatic rings. The van der Waals surface area contributed by atoms with Crippen LogP contribution < -0.4 is 20.2 Å². The maximum absolute atomic E-state index is 5.58. The van der Waals surface area contributed by atoms with Crippen molar-refractivity contribution >= 4 is 23.5 Å². The van der Waals surface area contributed by atoms with Crippen molar-refractivity contribution in [2.45, 2.75) is 13.3 Å². The second-order valence-electron chi connectivity index (χ2n) is 3.71. The molecule has 0 bridgehead atoms. The van der Waals surface area contributed by atoms with Gasteiger partial charge in [-0.3, -0.25) is 5.43 Å². The van der Waals surface area contributed by atoms with Crippen LogP contribution in [0.25, 0.3) is 0 Å². The van der Waals surface area contributed by atoms with Gasteiger partial charge in [-0.05, 0) is 42.4 Å². The summed E-state index contributed by atoms with van der Waals surface area (Å²) < 4.78 is 10.9. The largest absolute Gasteiger partial charge is 0.493 e. The topological polar surface area (TPSA) is 54.9 Å². The summed E-state index contributed by atoms with van der Waals surface area (Å²) in [5.41, 5.74) is 3.58. The number of thiocarbonyl (C=S) groups is 1. The van der Waals surface area contributed by atoms with Crippen molar-refractivity contribution < 1.29 is 9.47 Å². The van der Waals surface area contributed by atoms with Gasteiger partial charge in [-0.1, -0.05) is 6.92 Å². The first-order valence-corrected chi connectivity index (χ1v) is 6.43. The van der Waals surface area contributed by atoms with Gasteiger partial charge in [0.1, 0.15) is 0 Å². The molecule has 2 N–H and O–H groups in total. The second kappa shape index (κ2) is 8.31. The van der Waals surface area contributed by atoms with E-state index in [1.54, 1.807) is 20.4 Å². The summed E-state index contributed by atoms with van der Waals surface area (Å²) >= 11 is 4.91. The average Bonchev–Trinajstić information content (AvgIpc) is 2.45. The van der Waals surface area contributed by atoms with Gasteiger partial charge in [0.15, 0.2) is 16.6 Å². The molecule has 0 aliphatic heterocycles. The molecule has 0 spiro atoms. The Kier molecular flexibility index (Phi) is 6.67. The predicted molar refractivity (Wildman–Crippen MR) is 81.2 cm³/mol. The van der Waals surface area contributed by atoms with Crippen molar-refractivity contribution in [2.75, 3.05) is 20.8 Å². The Morgan fingerprint density at radius 3 is 2.84 bits per heavy atom. The first kappa shape index (κ1) is 15.2. The van der Waals surface area contributed by atoms with Crippen LogP contribution in [0.3, 0.4) is 0 Å². The molecule has 0 aliphatic carbocycles. The standard InChI is InChI=1S/C13H19N3O2S/c1-4-7-18-11-6-5-10(8-12(11)17-3)9-15-16-13(19)14-2/h5-6,8-9H,4,7H2,1-3H3,(H2,14,16,19)/b15-9+. The summed E-state index contributed by atoms with van der Waals surface area (Å²) in [6.07, 6.45) is 2.62. The summed E-state index contributed by atoms with van der Waals surface area (Å²) in [7, 11) is 3.34. The number of nitrogens with zero attached hydrogens (tertiary/aromatic N) is 1. The molecule has 0 saturated carbocycles. The number of hydrogen-bond donors (Lipinski definition) is 2. The van der Waals surface area contributed by atoms with Crippen molar-refractivity contribution in [3.8, 4) is 11.5 Å². The van der Waals surface area contributed by atoms with E-state index in [1.165, 1.54) is 0 Å². The number of benzene rings is 1. The van der Waals surface area contributed by atoms with Crippen LogP contribution in [0, 0.1) is 0 Å². The summed E-state index contributed by atoms with van der Waals surface area (Å²) in [6, 6.07) is 5.63. The van der Waals surface area contributed by atoms with Crippen molar-refractivity contribution in [1.29, 1.82) is 0 Å². The summed E-state index contributed by atoms with van der Waals surface area (Å²) in [5, 5.41) is 7.24. The Morgan fingerprint density at radius 1 is 1.42 bits per heavy atom. The lowest BCUT2D eigenvalue weighted by molar-refractivity contribution is 0.294. The fraction of sp³-hybridized carbons (Fsp3) is 0.385. The zero-order chi connectivity index (χ0) is 14.1. The Hall–Kier alpha value is -1.82. The number of methoxy groups -OCH3 is 1. The number of nitrogens with one attached hydrogen (secondary N) is 2. The van der Waals surface area contributed by atoms with Crippen LogP contribution in [0.1, 0.15) is 18.9 Å². The highest BCUT2D eigenvalue weighted by Crippen LogP contribution is 2.27. The third-order valence-corrected chi connectivity index (χ3v) is 2.55. The van der Waals surface area contributed by atoms with Gasteiger partial charge in [-0.2, -0.15) is 5.10 Å². The highest BCUT2D eigenvalue weighted by atomic mass is 32.1. The SMILES string of the molecule is CCCOc1ccc(/C=N/NC(=S)NC)cc1OC. The molecule has 0 aliphatic rings. The number of rotatable bonds is 6.